The third-order valence-electron chi connectivity index (χ3n) is 5.82. The van der Waals surface area contributed by atoms with Crippen molar-refractivity contribution in [2.75, 3.05) is 27.2 Å². The number of esters is 1. The maximum atomic E-state index is 12.7. The van der Waals surface area contributed by atoms with Crippen LogP contribution in [-0.2, 0) is 40.1 Å². The summed E-state index contributed by atoms with van der Waals surface area (Å²) in [6, 6.07) is 7.21. The quantitative estimate of drug-likeness (QED) is 0.456. The largest absolute Gasteiger partial charge is 0.469 e. The SMILES string of the molecule is COC(=O)CCC[N+]1(C)CCc2c(sc(CC(=O)Cc3ccc(Cl)cc3)c2C(N)=O)C1. The second-order valence-electron chi connectivity index (χ2n) is 8.34. The summed E-state index contributed by atoms with van der Waals surface area (Å²) >= 11 is 7.44. The molecule has 3 rings (SSSR count). The van der Waals surface area contributed by atoms with Gasteiger partial charge in [0.2, 0.25) is 5.91 Å². The van der Waals surface area contributed by atoms with E-state index in [-0.39, 0.29) is 18.2 Å². The van der Waals surface area contributed by atoms with Gasteiger partial charge in [-0.25, -0.2) is 0 Å². The Morgan fingerprint density at radius 3 is 2.55 bits per heavy atom. The average Bonchev–Trinajstić information content (AvgIpc) is 3.05. The van der Waals surface area contributed by atoms with Crippen molar-refractivity contribution in [2.24, 2.45) is 5.73 Å². The minimum Gasteiger partial charge on any atom is -0.469 e. The highest BCUT2D eigenvalue weighted by atomic mass is 35.5. The summed E-state index contributed by atoms with van der Waals surface area (Å²) in [7, 11) is 3.56. The van der Waals surface area contributed by atoms with Crippen molar-refractivity contribution in [1.82, 2.24) is 0 Å². The Kier molecular flexibility index (Phi) is 7.51. The molecule has 1 aliphatic rings. The number of rotatable bonds is 9. The molecule has 0 saturated heterocycles. The van der Waals surface area contributed by atoms with Crippen molar-refractivity contribution in [3.05, 3.63) is 55.7 Å². The van der Waals surface area contributed by atoms with Gasteiger partial charge in [-0.1, -0.05) is 23.7 Å². The van der Waals surface area contributed by atoms with Gasteiger partial charge in [0.1, 0.15) is 12.3 Å². The van der Waals surface area contributed by atoms with Gasteiger partial charge in [-0.3, -0.25) is 14.4 Å². The fourth-order valence-corrected chi connectivity index (χ4v) is 5.83. The van der Waals surface area contributed by atoms with Gasteiger partial charge < -0.3 is 15.0 Å². The molecule has 1 amide bonds. The Morgan fingerprint density at radius 2 is 1.90 bits per heavy atom. The molecular weight excluding hydrogens is 436 g/mol. The molecule has 1 aromatic heterocycles. The Hall–Kier alpha value is -2.22. The van der Waals surface area contributed by atoms with Crippen molar-refractivity contribution in [2.45, 2.75) is 38.6 Å². The molecular formula is C23H28ClN2O4S+. The van der Waals surface area contributed by atoms with Crippen LogP contribution in [0.5, 0.6) is 0 Å². The van der Waals surface area contributed by atoms with Gasteiger partial charge in [0.25, 0.3) is 0 Å². The van der Waals surface area contributed by atoms with E-state index in [0.29, 0.717) is 23.4 Å². The Balaban J connectivity index is 1.72. The molecule has 0 aliphatic carbocycles. The van der Waals surface area contributed by atoms with E-state index in [4.69, 9.17) is 22.1 Å². The minimum atomic E-state index is -0.464. The maximum absolute atomic E-state index is 12.7. The number of ether oxygens (including phenoxy) is 1. The Bertz CT molecular complexity index is 986. The number of hydrogen-bond donors (Lipinski definition) is 1. The lowest BCUT2D eigenvalue weighted by Gasteiger charge is -2.37. The van der Waals surface area contributed by atoms with E-state index >= 15 is 0 Å². The smallest absolute Gasteiger partial charge is 0.305 e. The zero-order valence-electron chi connectivity index (χ0n) is 17.9. The number of methoxy groups -OCH3 is 1. The van der Waals surface area contributed by atoms with Crippen LogP contribution in [-0.4, -0.2) is 49.4 Å². The van der Waals surface area contributed by atoms with Crippen LogP contribution in [0.3, 0.4) is 0 Å². The van der Waals surface area contributed by atoms with E-state index in [0.717, 1.165) is 57.8 Å². The molecule has 1 aliphatic heterocycles. The molecule has 1 aromatic carbocycles. The van der Waals surface area contributed by atoms with E-state index in [2.05, 4.69) is 7.05 Å². The van der Waals surface area contributed by atoms with Crippen LogP contribution in [0.15, 0.2) is 24.3 Å². The van der Waals surface area contributed by atoms with Crippen molar-refractivity contribution < 1.29 is 23.6 Å². The number of thiophene rings is 1. The summed E-state index contributed by atoms with van der Waals surface area (Å²) in [4.78, 5) is 38.2. The van der Waals surface area contributed by atoms with E-state index in [1.54, 1.807) is 12.1 Å². The number of ketones is 1. The van der Waals surface area contributed by atoms with E-state index in [9.17, 15) is 14.4 Å². The number of halogens is 1. The Morgan fingerprint density at radius 1 is 1.19 bits per heavy atom. The molecule has 6 nitrogen and oxygen atoms in total. The third-order valence-corrected chi connectivity index (χ3v) is 7.28. The summed E-state index contributed by atoms with van der Waals surface area (Å²) in [5.41, 5.74) is 8.13. The first-order valence-electron chi connectivity index (χ1n) is 10.3. The standard InChI is InChI=1S/C23H27ClN2O4S/c1-26(10-3-4-21(28)30-2)11-9-18-20(14-26)31-19(22(18)23(25)29)13-17(27)12-15-5-7-16(24)8-6-15/h5-8H,3-4,9-14H2,1-2H3,(H-,25,29)/p+1. The number of likely N-dealkylation sites (N-methyl/N-ethyl adjacent to an activating group) is 1. The first-order valence-corrected chi connectivity index (χ1v) is 11.5. The second-order valence-corrected chi connectivity index (χ2v) is 9.97. The first-order chi connectivity index (χ1) is 14.7. The summed E-state index contributed by atoms with van der Waals surface area (Å²) in [5.74, 6) is -0.620. The summed E-state index contributed by atoms with van der Waals surface area (Å²) in [6.45, 7) is 2.49. The molecule has 0 bridgehead atoms. The van der Waals surface area contributed by atoms with Crippen LogP contribution < -0.4 is 5.73 Å². The highest BCUT2D eigenvalue weighted by Crippen LogP contribution is 2.36. The number of hydrogen-bond acceptors (Lipinski definition) is 5. The molecule has 1 unspecified atom stereocenters. The van der Waals surface area contributed by atoms with Gasteiger partial charge in [0, 0.05) is 35.6 Å². The lowest BCUT2D eigenvalue weighted by atomic mass is 9.97. The van der Waals surface area contributed by atoms with Crippen LogP contribution >= 0.6 is 22.9 Å². The van der Waals surface area contributed by atoms with Gasteiger partial charge in [-0.2, -0.15) is 0 Å². The number of benzene rings is 1. The van der Waals surface area contributed by atoms with Crippen LogP contribution in [0, 0.1) is 0 Å². The van der Waals surface area contributed by atoms with Crippen molar-refractivity contribution in [3.8, 4) is 0 Å². The highest BCUT2D eigenvalue weighted by molar-refractivity contribution is 7.12. The zero-order chi connectivity index (χ0) is 22.6. The van der Waals surface area contributed by atoms with E-state index in [1.807, 2.05) is 12.1 Å². The summed E-state index contributed by atoms with van der Waals surface area (Å²) in [5, 5.41) is 0.630. The number of fused-ring (bicyclic) bond motifs is 1. The van der Waals surface area contributed by atoms with Crippen LogP contribution in [0.2, 0.25) is 5.02 Å². The van der Waals surface area contributed by atoms with Crippen molar-refractivity contribution >= 4 is 40.6 Å². The lowest BCUT2D eigenvalue weighted by Crippen LogP contribution is -2.48. The lowest BCUT2D eigenvalue weighted by molar-refractivity contribution is -0.924. The number of carbonyl (C=O) groups excluding carboxylic acids is 3. The number of quaternary nitrogens is 1. The summed E-state index contributed by atoms with van der Waals surface area (Å²) in [6.07, 6.45) is 2.38. The number of carbonyl (C=O) groups is 3. The fraction of sp³-hybridized carbons (Fsp3) is 0.435. The van der Waals surface area contributed by atoms with Gasteiger partial charge >= 0.3 is 5.97 Å². The third kappa shape index (κ3) is 5.93. The topological polar surface area (TPSA) is 86.5 Å². The van der Waals surface area contributed by atoms with Gasteiger partial charge in [-0.15, -0.1) is 11.3 Å². The number of amides is 1. The number of nitrogens with two attached hydrogens (primary N) is 1. The highest BCUT2D eigenvalue weighted by Gasteiger charge is 2.34. The van der Waals surface area contributed by atoms with Crippen molar-refractivity contribution in [1.29, 1.82) is 0 Å². The Labute approximate surface area is 191 Å². The molecule has 2 aromatic rings. The number of primary amides is 1. The van der Waals surface area contributed by atoms with E-state index < -0.39 is 5.91 Å². The first kappa shape index (κ1) is 23.4. The van der Waals surface area contributed by atoms with Gasteiger partial charge in [0.05, 0.1) is 44.1 Å². The van der Waals surface area contributed by atoms with Crippen LogP contribution in [0.4, 0.5) is 0 Å². The maximum Gasteiger partial charge on any atom is 0.305 e. The van der Waals surface area contributed by atoms with Crippen molar-refractivity contribution in [3.63, 3.8) is 0 Å². The van der Waals surface area contributed by atoms with Crippen LogP contribution in [0.1, 0.15) is 44.1 Å². The number of nitrogens with zero attached hydrogens (tertiary/aromatic N) is 1. The molecule has 2 heterocycles. The predicted molar refractivity (Wildman–Crippen MR) is 121 cm³/mol. The van der Waals surface area contributed by atoms with Gasteiger partial charge in [0.15, 0.2) is 0 Å². The second kappa shape index (κ2) is 9.94. The van der Waals surface area contributed by atoms with E-state index in [1.165, 1.54) is 18.4 Å². The molecule has 0 spiro atoms. The molecule has 8 heteroatoms. The molecule has 166 valence electrons. The van der Waals surface area contributed by atoms with Crippen LogP contribution in [0.25, 0.3) is 0 Å². The average molecular weight is 464 g/mol. The molecule has 0 radical (unpaired) electrons. The molecule has 0 fully saturated rings. The minimum absolute atomic E-state index is 0.0405. The number of Topliss-reactive ketones (excluding diaryl/α,β-unsaturated/α-hetero) is 1. The molecule has 31 heavy (non-hydrogen) atoms. The monoisotopic (exact) mass is 463 g/mol. The van der Waals surface area contributed by atoms with Gasteiger partial charge in [-0.05, 0) is 23.3 Å². The zero-order valence-corrected chi connectivity index (χ0v) is 19.5. The normalized spacial score (nSPS) is 17.8. The predicted octanol–water partition coefficient (Wildman–Crippen LogP) is 3.31. The molecule has 2 N–H and O–H groups in total. The fourth-order valence-electron chi connectivity index (χ4n) is 4.15. The summed E-state index contributed by atoms with van der Waals surface area (Å²) < 4.78 is 5.52. The molecule has 0 saturated carbocycles. The molecule has 1 atom stereocenters.